The van der Waals surface area contributed by atoms with Gasteiger partial charge in [0, 0.05) is 17.2 Å². The smallest absolute Gasteiger partial charge is 0.282 e. The van der Waals surface area contributed by atoms with Crippen LogP contribution in [0.5, 0.6) is 0 Å². The third-order valence-corrected chi connectivity index (χ3v) is 4.09. The number of carbonyl (C=O) groups excluding carboxylic acids is 1. The minimum atomic E-state index is -0.215. The molecule has 0 saturated heterocycles. The molecule has 2 aromatic rings. The summed E-state index contributed by atoms with van der Waals surface area (Å²) in [5, 5.41) is 13.8. The third kappa shape index (κ3) is 4.68. The van der Waals surface area contributed by atoms with E-state index in [4.69, 9.17) is 5.26 Å². The van der Waals surface area contributed by atoms with E-state index in [1.807, 2.05) is 25.1 Å². The Morgan fingerprint density at radius 2 is 1.67 bits per heavy atom. The zero-order chi connectivity index (χ0) is 17.5. The lowest BCUT2D eigenvalue weighted by Gasteiger charge is -2.23. The molecular weight excluding hydrogens is 298 g/mol. The van der Waals surface area contributed by atoms with Gasteiger partial charge in [0.15, 0.2) is 6.04 Å². The number of rotatable bonds is 6. The Bertz CT molecular complexity index is 702. The van der Waals surface area contributed by atoms with Crippen molar-refractivity contribution < 1.29 is 10.1 Å². The van der Waals surface area contributed by atoms with Gasteiger partial charge in [0.2, 0.25) is 0 Å². The lowest BCUT2D eigenvalue weighted by atomic mass is 9.95. The van der Waals surface area contributed by atoms with Crippen LogP contribution in [0.15, 0.2) is 54.6 Å². The first-order chi connectivity index (χ1) is 11.5. The van der Waals surface area contributed by atoms with Gasteiger partial charge in [0.1, 0.15) is 6.04 Å². The first-order valence-electron chi connectivity index (χ1n) is 8.22. The minimum absolute atomic E-state index is 0.0405. The van der Waals surface area contributed by atoms with E-state index in [9.17, 15) is 4.79 Å². The van der Waals surface area contributed by atoms with Crippen LogP contribution in [0.4, 0.5) is 5.69 Å². The van der Waals surface area contributed by atoms with E-state index in [1.54, 1.807) is 24.3 Å². The Morgan fingerprint density at radius 3 is 2.21 bits per heavy atom. The van der Waals surface area contributed by atoms with Gasteiger partial charge in [0.25, 0.3) is 5.91 Å². The molecule has 0 saturated carbocycles. The number of amides is 1. The molecule has 0 aliphatic rings. The summed E-state index contributed by atoms with van der Waals surface area (Å²) in [7, 11) is 0. The maximum absolute atomic E-state index is 12.4. The van der Waals surface area contributed by atoms with Crippen molar-refractivity contribution in [2.45, 2.75) is 32.9 Å². The van der Waals surface area contributed by atoms with Crippen LogP contribution in [-0.2, 0) is 4.79 Å². The van der Waals surface area contributed by atoms with Gasteiger partial charge in [0.05, 0.1) is 11.6 Å². The van der Waals surface area contributed by atoms with Crippen molar-refractivity contribution >= 4 is 11.6 Å². The highest BCUT2D eigenvalue weighted by molar-refractivity contribution is 5.93. The number of hydrogen-bond donors (Lipinski definition) is 2. The first-order valence-corrected chi connectivity index (χ1v) is 8.22. The SMILES string of the molecule is CC(C)[C@H]([NH2+][C@@H](C)C(=O)Nc1ccc(C#N)cc1)c1ccccc1. The van der Waals surface area contributed by atoms with E-state index in [0.717, 1.165) is 0 Å². The van der Waals surface area contributed by atoms with E-state index < -0.39 is 0 Å². The Labute approximate surface area is 143 Å². The number of anilines is 1. The molecule has 0 bridgehead atoms. The fourth-order valence-electron chi connectivity index (χ4n) is 2.68. The van der Waals surface area contributed by atoms with Gasteiger partial charge >= 0.3 is 0 Å². The molecule has 3 N–H and O–H groups in total. The molecular formula is C20H24N3O+. The van der Waals surface area contributed by atoms with Crippen LogP contribution in [0.3, 0.4) is 0 Å². The number of nitrogens with one attached hydrogen (secondary N) is 1. The van der Waals surface area contributed by atoms with Gasteiger partial charge in [-0.3, -0.25) is 4.79 Å². The van der Waals surface area contributed by atoms with Crippen molar-refractivity contribution in [1.82, 2.24) is 0 Å². The highest BCUT2D eigenvalue weighted by Gasteiger charge is 2.25. The summed E-state index contributed by atoms with van der Waals surface area (Å²) in [6, 6.07) is 19.2. The average molecular weight is 322 g/mol. The maximum atomic E-state index is 12.4. The fourth-order valence-corrected chi connectivity index (χ4v) is 2.68. The van der Waals surface area contributed by atoms with Crippen molar-refractivity contribution in [3.05, 3.63) is 65.7 Å². The summed E-state index contributed by atoms with van der Waals surface area (Å²) in [4.78, 5) is 12.4. The maximum Gasteiger partial charge on any atom is 0.282 e. The second-order valence-electron chi connectivity index (χ2n) is 6.34. The fraction of sp³-hybridized carbons (Fsp3) is 0.300. The van der Waals surface area contributed by atoms with E-state index in [2.05, 4.69) is 42.7 Å². The van der Waals surface area contributed by atoms with Crippen LogP contribution in [0.25, 0.3) is 0 Å². The molecule has 0 spiro atoms. The van der Waals surface area contributed by atoms with Crippen molar-refractivity contribution in [3.8, 4) is 6.07 Å². The summed E-state index contributed by atoms with van der Waals surface area (Å²) in [5.41, 5.74) is 2.52. The standard InChI is InChI=1S/C20H23N3O/c1-14(2)19(17-7-5-4-6-8-17)22-15(3)20(24)23-18-11-9-16(13-21)10-12-18/h4-12,14-15,19,22H,1-3H3,(H,23,24)/p+1/t15-,19-/m0/s1. The van der Waals surface area contributed by atoms with Crippen molar-refractivity contribution in [1.29, 1.82) is 5.26 Å². The number of nitriles is 1. The molecule has 124 valence electrons. The molecule has 2 atom stereocenters. The van der Waals surface area contributed by atoms with Crippen LogP contribution in [0.2, 0.25) is 0 Å². The monoisotopic (exact) mass is 322 g/mol. The van der Waals surface area contributed by atoms with Crippen LogP contribution >= 0.6 is 0 Å². The highest BCUT2D eigenvalue weighted by atomic mass is 16.2. The number of nitrogens with two attached hydrogens (primary N) is 1. The molecule has 0 fully saturated rings. The topological polar surface area (TPSA) is 69.5 Å². The molecule has 0 radical (unpaired) electrons. The molecule has 0 aliphatic heterocycles. The largest absolute Gasteiger partial charge is 0.330 e. The summed E-state index contributed by atoms with van der Waals surface area (Å²) < 4.78 is 0. The lowest BCUT2D eigenvalue weighted by Crippen LogP contribution is -2.93. The highest BCUT2D eigenvalue weighted by Crippen LogP contribution is 2.17. The van der Waals surface area contributed by atoms with Crippen LogP contribution in [0.1, 0.15) is 37.9 Å². The number of quaternary nitrogens is 1. The third-order valence-electron chi connectivity index (χ3n) is 4.09. The molecule has 2 rings (SSSR count). The minimum Gasteiger partial charge on any atom is -0.330 e. The predicted molar refractivity (Wildman–Crippen MR) is 95.2 cm³/mol. The van der Waals surface area contributed by atoms with Gasteiger partial charge in [-0.05, 0) is 31.2 Å². The second kappa shape index (κ2) is 8.28. The van der Waals surface area contributed by atoms with Gasteiger partial charge in [-0.2, -0.15) is 5.26 Å². The summed E-state index contributed by atoms with van der Waals surface area (Å²) in [6.07, 6.45) is 0. The molecule has 4 heteroatoms. The van der Waals surface area contributed by atoms with Crippen LogP contribution < -0.4 is 10.6 Å². The molecule has 4 nitrogen and oxygen atoms in total. The van der Waals surface area contributed by atoms with Gasteiger partial charge in [-0.25, -0.2) is 0 Å². The van der Waals surface area contributed by atoms with Crippen molar-refractivity contribution in [3.63, 3.8) is 0 Å². The van der Waals surface area contributed by atoms with Gasteiger partial charge < -0.3 is 10.6 Å². The number of carbonyl (C=O) groups is 1. The van der Waals surface area contributed by atoms with Crippen molar-refractivity contribution in [2.24, 2.45) is 5.92 Å². The molecule has 2 aromatic carbocycles. The van der Waals surface area contributed by atoms with Crippen LogP contribution in [-0.4, -0.2) is 11.9 Å². The Hall–Kier alpha value is -2.64. The summed E-state index contributed by atoms with van der Waals surface area (Å²) in [6.45, 7) is 6.25. The summed E-state index contributed by atoms with van der Waals surface area (Å²) in [5.74, 6) is 0.374. The normalized spacial score (nSPS) is 13.1. The van der Waals surface area contributed by atoms with E-state index in [1.165, 1.54) is 5.56 Å². The number of benzene rings is 2. The quantitative estimate of drug-likeness (QED) is 0.858. The molecule has 0 aliphatic carbocycles. The van der Waals surface area contributed by atoms with Crippen molar-refractivity contribution in [2.75, 3.05) is 5.32 Å². The second-order valence-corrected chi connectivity index (χ2v) is 6.34. The van der Waals surface area contributed by atoms with E-state index in [0.29, 0.717) is 17.2 Å². The molecule has 24 heavy (non-hydrogen) atoms. The lowest BCUT2D eigenvalue weighted by molar-refractivity contribution is -0.718. The van der Waals surface area contributed by atoms with E-state index in [-0.39, 0.29) is 18.0 Å². The molecule has 0 unspecified atom stereocenters. The first kappa shape index (κ1) is 17.7. The van der Waals surface area contributed by atoms with Crippen LogP contribution in [0, 0.1) is 17.2 Å². The molecule has 1 amide bonds. The van der Waals surface area contributed by atoms with Gasteiger partial charge in [-0.1, -0.05) is 44.2 Å². The zero-order valence-electron chi connectivity index (χ0n) is 14.4. The average Bonchev–Trinajstić information content (AvgIpc) is 2.60. The Kier molecular flexibility index (Phi) is 6.11. The molecule has 0 heterocycles. The van der Waals surface area contributed by atoms with E-state index >= 15 is 0 Å². The molecule has 0 aromatic heterocycles. The Morgan fingerprint density at radius 1 is 1.04 bits per heavy atom. The number of hydrogen-bond acceptors (Lipinski definition) is 2. The Balaban J connectivity index is 2.02. The van der Waals surface area contributed by atoms with Gasteiger partial charge in [-0.15, -0.1) is 0 Å². The zero-order valence-corrected chi connectivity index (χ0v) is 14.4. The predicted octanol–water partition coefficient (Wildman–Crippen LogP) is 2.85. The number of nitrogens with zero attached hydrogens (tertiary/aromatic N) is 1. The summed E-state index contributed by atoms with van der Waals surface area (Å²) >= 11 is 0.